The van der Waals surface area contributed by atoms with Crippen molar-refractivity contribution >= 4 is 34.7 Å². The van der Waals surface area contributed by atoms with Gasteiger partial charge in [-0.05, 0) is 32.1 Å². The van der Waals surface area contributed by atoms with E-state index in [1.165, 1.54) is 41.9 Å². The van der Waals surface area contributed by atoms with Gasteiger partial charge < -0.3 is 4.72 Å². The largest absolute Gasteiger partial charge is 0.303 e. The number of imidazole rings is 1. The summed E-state index contributed by atoms with van der Waals surface area (Å²) in [6.07, 6.45) is 8.50. The molecule has 104 valence electrons. The third-order valence-corrected chi connectivity index (χ3v) is 4.90. The number of aromatic nitrogens is 2. The zero-order valence-corrected chi connectivity index (χ0v) is 13.1. The summed E-state index contributed by atoms with van der Waals surface area (Å²) in [5, 5.41) is 0. The highest BCUT2D eigenvalue weighted by atomic mass is 32.2. The summed E-state index contributed by atoms with van der Waals surface area (Å²) < 4.78 is 4.64. The van der Waals surface area contributed by atoms with E-state index < -0.39 is 0 Å². The first-order valence-corrected chi connectivity index (χ1v) is 8.41. The van der Waals surface area contributed by atoms with Crippen LogP contribution in [0, 0.1) is 6.92 Å². The Morgan fingerprint density at radius 3 is 3.05 bits per heavy atom. The molecule has 2 aromatic heterocycles. The zero-order valence-electron chi connectivity index (χ0n) is 11.5. The van der Waals surface area contributed by atoms with Crippen LogP contribution in [0.25, 0.3) is 4.96 Å². The van der Waals surface area contributed by atoms with Crippen LogP contribution in [0.2, 0.25) is 0 Å². The van der Waals surface area contributed by atoms with Gasteiger partial charge in [-0.3, -0.25) is 9.20 Å². The summed E-state index contributed by atoms with van der Waals surface area (Å²) in [5.74, 6) is 0.741. The molecule has 3 rings (SSSR count). The van der Waals surface area contributed by atoms with Gasteiger partial charge in [0.1, 0.15) is 0 Å². The first kappa shape index (κ1) is 14.4. The van der Waals surface area contributed by atoms with E-state index in [0.29, 0.717) is 6.41 Å². The maximum atomic E-state index is 9.27. The zero-order chi connectivity index (χ0) is 13.8. The number of rotatable bonds is 2. The minimum Gasteiger partial charge on any atom is -0.303 e. The van der Waals surface area contributed by atoms with Crippen LogP contribution in [0.5, 0.6) is 0 Å². The van der Waals surface area contributed by atoms with Gasteiger partial charge in [0.15, 0.2) is 4.96 Å². The van der Waals surface area contributed by atoms with Gasteiger partial charge >= 0.3 is 0 Å². The molecule has 19 heavy (non-hydrogen) atoms. The monoisotopic (exact) mass is 297 g/mol. The van der Waals surface area contributed by atoms with Crippen molar-refractivity contribution in [1.29, 1.82) is 0 Å². The fourth-order valence-corrected chi connectivity index (χ4v) is 3.78. The Morgan fingerprint density at radius 2 is 2.42 bits per heavy atom. The number of carbonyl (C=O) groups is 1. The molecule has 1 amide bonds. The van der Waals surface area contributed by atoms with E-state index in [1.807, 2.05) is 11.3 Å². The average molecular weight is 297 g/mol. The van der Waals surface area contributed by atoms with E-state index in [9.17, 15) is 4.79 Å². The molecule has 1 aliphatic rings. The molecule has 0 aromatic carbocycles. The van der Waals surface area contributed by atoms with Gasteiger partial charge in [-0.15, -0.1) is 11.3 Å². The fraction of sp³-hybridized carbons (Fsp3) is 0.538. The van der Waals surface area contributed by atoms with Gasteiger partial charge in [-0.1, -0.05) is 18.9 Å². The highest BCUT2D eigenvalue weighted by Crippen LogP contribution is 2.37. The van der Waals surface area contributed by atoms with Crippen LogP contribution in [0.4, 0.5) is 0 Å². The molecule has 0 saturated heterocycles. The SMILES string of the molecule is CSNC=O.Cc1cn2c3c(sc2n1)C(C)CCC3. The second-order valence-electron chi connectivity index (χ2n) is 4.68. The number of thiazole rings is 1. The minimum atomic E-state index is 0.644. The number of hydrogen-bond donors (Lipinski definition) is 1. The van der Waals surface area contributed by atoms with Crippen LogP contribution in [0.3, 0.4) is 0 Å². The molecule has 1 atom stereocenters. The van der Waals surface area contributed by atoms with E-state index in [-0.39, 0.29) is 0 Å². The third-order valence-electron chi connectivity index (χ3n) is 3.23. The molecule has 0 bridgehead atoms. The first-order chi connectivity index (χ1) is 9.17. The quantitative estimate of drug-likeness (QED) is 0.684. The maximum absolute atomic E-state index is 9.27. The highest BCUT2D eigenvalue weighted by molar-refractivity contribution is 7.97. The standard InChI is InChI=1S/C11H14N2S.C2H5NOS/c1-7-4-3-5-9-10(7)14-11-12-8(2)6-13(9)11;1-5-3-2-4/h6-7H,3-5H2,1-2H3;2H,1H3,(H,3,4). The summed E-state index contributed by atoms with van der Waals surface area (Å²) in [4.78, 5) is 16.6. The molecule has 2 aromatic rings. The van der Waals surface area contributed by atoms with Gasteiger partial charge in [0.25, 0.3) is 0 Å². The van der Waals surface area contributed by atoms with Crippen molar-refractivity contribution < 1.29 is 4.79 Å². The first-order valence-electron chi connectivity index (χ1n) is 6.36. The van der Waals surface area contributed by atoms with E-state index in [4.69, 9.17) is 0 Å². The van der Waals surface area contributed by atoms with Crippen molar-refractivity contribution in [3.8, 4) is 0 Å². The second-order valence-corrected chi connectivity index (χ2v) is 6.33. The number of amides is 1. The minimum absolute atomic E-state index is 0.644. The molecule has 6 heteroatoms. The van der Waals surface area contributed by atoms with Crippen molar-refractivity contribution in [2.75, 3.05) is 6.26 Å². The smallest absolute Gasteiger partial charge is 0.216 e. The van der Waals surface area contributed by atoms with Crippen molar-refractivity contribution in [2.45, 2.75) is 39.0 Å². The van der Waals surface area contributed by atoms with Crippen LogP contribution < -0.4 is 4.72 Å². The summed E-state index contributed by atoms with van der Waals surface area (Å²) in [5.41, 5.74) is 2.65. The Bertz CT molecular complexity index is 561. The van der Waals surface area contributed by atoms with Crippen LogP contribution in [-0.4, -0.2) is 22.1 Å². The van der Waals surface area contributed by atoms with E-state index in [0.717, 1.165) is 11.6 Å². The average Bonchev–Trinajstić information content (AvgIpc) is 2.89. The van der Waals surface area contributed by atoms with Gasteiger partial charge in [0.2, 0.25) is 6.41 Å². The highest BCUT2D eigenvalue weighted by Gasteiger charge is 2.22. The molecule has 0 fully saturated rings. The van der Waals surface area contributed by atoms with Crippen LogP contribution in [0.15, 0.2) is 6.20 Å². The van der Waals surface area contributed by atoms with Crippen molar-refractivity contribution in [1.82, 2.24) is 14.1 Å². The van der Waals surface area contributed by atoms with Crippen LogP contribution in [-0.2, 0) is 11.2 Å². The Kier molecular flexibility index (Phi) is 4.87. The van der Waals surface area contributed by atoms with E-state index >= 15 is 0 Å². The predicted molar refractivity (Wildman–Crippen MR) is 81.9 cm³/mol. The maximum Gasteiger partial charge on any atom is 0.216 e. The lowest BCUT2D eigenvalue weighted by Gasteiger charge is -2.17. The number of nitrogens with zero attached hydrogens (tertiary/aromatic N) is 2. The van der Waals surface area contributed by atoms with Crippen molar-refractivity contribution in [3.63, 3.8) is 0 Å². The number of nitrogens with one attached hydrogen (secondary N) is 1. The number of fused-ring (bicyclic) bond motifs is 3. The van der Waals surface area contributed by atoms with Crippen molar-refractivity contribution in [3.05, 3.63) is 22.5 Å². The topological polar surface area (TPSA) is 46.4 Å². The molecular weight excluding hydrogens is 278 g/mol. The molecule has 1 aliphatic carbocycles. The number of aryl methyl sites for hydroxylation is 2. The Labute approximate surface area is 121 Å². The van der Waals surface area contributed by atoms with Crippen LogP contribution >= 0.6 is 23.3 Å². The lowest BCUT2D eigenvalue weighted by atomic mass is 9.93. The second kappa shape index (κ2) is 6.43. The number of carbonyl (C=O) groups excluding carboxylic acids is 1. The van der Waals surface area contributed by atoms with Gasteiger partial charge in [-0.25, -0.2) is 4.98 Å². The Hall–Kier alpha value is -1.01. The van der Waals surface area contributed by atoms with Gasteiger partial charge in [-0.2, -0.15) is 0 Å². The Morgan fingerprint density at radius 1 is 1.63 bits per heavy atom. The summed E-state index contributed by atoms with van der Waals surface area (Å²) in [6, 6.07) is 0. The summed E-state index contributed by atoms with van der Waals surface area (Å²) in [7, 11) is 0. The molecule has 0 aliphatic heterocycles. The van der Waals surface area contributed by atoms with Gasteiger partial charge in [0.05, 0.1) is 5.69 Å². The number of hydrogen-bond acceptors (Lipinski definition) is 4. The van der Waals surface area contributed by atoms with Crippen molar-refractivity contribution in [2.24, 2.45) is 0 Å². The normalized spacial score (nSPS) is 17.5. The lowest BCUT2D eigenvalue weighted by Crippen LogP contribution is -2.05. The molecule has 4 nitrogen and oxygen atoms in total. The molecule has 0 radical (unpaired) electrons. The molecule has 2 heterocycles. The van der Waals surface area contributed by atoms with E-state index in [2.05, 4.69) is 34.2 Å². The van der Waals surface area contributed by atoms with Crippen LogP contribution in [0.1, 0.15) is 41.9 Å². The van der Waals surface area contributed by atoms with E-state index in [1.54, 1.807) is 11.1 Å². The molecule has 1 N–H and O–H groups in total. The fourth-order valence-electron chi connectivity index (χ4n) is 2.40. The molecular formula is C13H19N3OS2. The predicted octanol–water partition coefficient (Wildman–Crippen LogP) is 3.15. The molecule has 1 unspecified atom stereocenters. The van der Waals surface area contributed by atoms with Gasteiger partial charge in [0, 0.05) is 23.0 Å². The third kappa shape index (κ3) is 3.12. The molecule has 0 saturated carbocycles. The lowest BCUT2D eigenvalue weighted by molar-refractivity contribution is -0.107. The molecule has 0 spiro atoms. The Balaban J connectivity index is 0.000000232. The summed E-state index contributed by atoms with van der Waals surface area (Å²) in [6.45, 7) is 4.40. The summed E-state index contributed by atoms with van der Waals surface area (Å²) >= 11 is 3.16.